The van der Waals surface area contributed by atoms with Crippen LogP contribution in [0.3, 0.4) is 0 Å². The van der Waals surface area contributed by atoms with Crippen molar-refractivity contribution < 1.29 is 13.7 Å². The molecule has 1 aromatic carbocycles. The van der Waals surface area contributed by atoms with Gasteiger partial charge < -0.3 is 18.7 Å². The van der Waals surface area contributed by atoms with Crippen molar-refractivity contribution in [1.29, 1.82) is 0 Å². The number of carbonyl (C=O) groups is 1. The molecule has 4 rings (SSSR count). The van der Waals surface area contributed by atoms with Crippen molar-refractivity contribution in [3.05, 3.63) is 54.7 Å². The molecule has 7 heteroatoms. The molecule has 0 radical (unpaired) electrons. The van der Waals surface area contributed by atoms with Crippen molar-refractivity contribution in [2.75, 3.05) is 24.5 Å². The maximum Gasteiger partial charge on any atom is 0.276 e. The van der Waals surface area contributed by atoms with E-state index in [0.717, 1.165) is 6.54 Å². The van der Waals surface area contributed by atoms with Crippen LogP contribution in [0.1, 0.15) is 17.4 Å². The van der Waals surface area contributed by atoms with E-state index < -0.39 is 0 Å². The van der Waals surface area contributed by atoms with Gasteiger partial charge >= 0.3 is 0 Å². The molecule has 3 aromatic rings. The first-order valence-electron chi connectivity index (χ1n) is 8.19. The van der Waals surface area contributed by atoms with E-state index in [4.69, 9.17) is 8.94 Å². The fourth-order valence-electron chi connectivity index (χ4n) is 3.20. The van der Waals surface area contributed by atoms with Gasteiger partial charge in [-0.3, -0.25) is 4.79 Å². The quantitative estimate of drug-likeness (QED) is 0.731. The lowest BCUT2D eigenvalue weighted by Gasteiger charge is -2.41. The molecule has 2 aromatic heterocycles. The Balaban J connectivity index is 1.51. The van der Waals surface area contributed by atoms with Gasteiger partial charge in [-0.2, -0.15) is 0 Å². The Hall–Kier alpha value is -3.09. The highest BCUT2D eigenvalue weighted by Crippen LogP contribution is 2.25. The fraction of sp³-hybridized carbons (Fsp3) is 0.278. The van der Waals surface area contributed by atoms with E-state index in [9.17, 15) is 4.79 Å². The summed E-state index contributed by atoms with van der Waals surface area (Å²) in [6.45, 7) is 4.14. The zero-order chi connectivity index (χ0) is 17.2. The van der Waals surface area contributed by atoms with Gasteiger partial charge in [0, 0.05) is 37.4 Å². The molecular weight excluding hydrogens is 320 g/mol. The van der Waals surface area contributed by atoms with E-state index in [1.807, 2.05) is 23.1 Å². The Bertz CT molecular complexity index is 844. The first-order valence-corrected chi connectivity index (χ1v) is 8.19. The minimum absolute atomic E-state index is 0.147. The number of benzene rings is 1. The van der Waals surface area contributed by atoms with E-state index in [0.29, 0.717) is 24.5 Å². The minimum Gasteiger partial charge on any atom is -0.441 e. The number of carbonyl (C=O) groups excluding carboxylic acids is 1. The number of aromatic nitrogens is 2. The maximum atomic E-state index is 12.9. The second kappa shape index (κ2) is 6.43. The number of hydrogen-bond acceptors (Lipinski definition) is 6. The topological polar surface area (TPSA) is 75.6 Å². The SMILES string of the molecule is CC1CN(C(=O)c2ncoc2-c2ccon2)CCN1c1ccccc1. The Morgan fingerprint density at radius 1 is 1.20 bits per heavy atom. The third kappa shape index (κ3) is 2.88. The van der Waals surface area contributed by atoms with Crippen molar-refractivity contribution in [2.45, 2.75) is 13.0 Å². The Morgan fingerprint density at radius 2 is 2.04 bits per heavy atom. The molecule has 25 heavy (non-hydrogen) atoms. The molecule has 0 spiro atoms. The van der Waals surface area contributed by atoms with E-state index in [-0.39, 0.29) is 17.6 Å². The van der Waals surface area contributed by atoms with Gasteiger partial charge in [0.25, 0.3) is 5.91 Å². The monoisotopic (exact) mass is 338 g/mol. The number of anilines is 1. The smallest absolute Gasteiger partial charge is 0.276 e. The molecule has 0 aliphatic carbocycles. The first kappa shape index (κ1) is 15.4. The highest BCUT2D eigenvalue weighted by Gasteiger charge is 2.31. The van der Waals surface area contributed by atoms with Crippen LogP contribution in [0.25, 0.3) is 11.5 Å². The summed E-state index contributed by atoms with van der Waals surface area (Å²) in [5, 5.41) is 3.83. The lowest BCUT2D eigenvalue weighted by Crippen LogP contribution is -2.53. The second-order valence-electron chi connectivity index (χ2n) is 6.04. The summed E-state index contributed by atoms with van der Waals surface area (Å²) in [5.74, 6) is 0.197. The number of amides is 1. The standard InChI is InChI=1S/C18H18N4O3/c1-13-11-21(8-9-22(13)14-5-3-2-4-6-14)18(23)16-17(24-12-19-16)15-7-10-25-20-15/h2-7,10,12-13H,8-9,11H2,1H3. The molecular formula is C18H18N4O3. The van der Waals surface area contributed by atoms with Crippen LogP contribution in [0.2, 0.25) is 0 Å². The van der Waals surface area contributed by atoms with Crippen LogP contribution in [0, 0.1) is 0 Å². The number of nitrogens with zero attached hydrogens (tertiary/aromatic N) is 4. The molecule has 1 fully saturated rings. The fourth-order valence-corrected chi connectivity index (χ4v) is 3.20. The van der Waals surface area contributed by atoms with Crippen LogP contribution in [-0.4, -0.2) is 46.6 Å². The number of para-hydroxylation sites is 1. The predicted octanol–water partition coefficient (Wildman–Crippen LogP) is 2.68. The van der Waals surface area contributed by atoms with Crippen LogP contribution in [0.4, 0.5) is 5.69 Å². The Morgan fingerprint density at radius 3 is 2.76 bits per heavy atom. The molecule has 1 atom stereocenters. The van der Waals surface area contributed by atoms with Gasteiger partial charge in [0.15, 0.2) is 23.5 Å². The molecule has 128 valence electrons. The Kier molecular flexibility index (Phi) is 3.97. The van der Waals surface area contributed by atoms with Gasteiger partial charge in [0.1, 0.15) is 6.26 Å². The van der Waals surface area contributed by atoms with Gasteiger partial charge in [-0.05, 0) is 19.1 Å². The van der Waals surface area contributed by atoms with E-state index in [1.54, 1.807) is 6.07 Å². The third-order valence-corrected chi connectivity index (χ3v) is 4.44. The van der Waals surface area contributed by atoms with Crippen molar-refractivity contribution in [3.8, 4) is 11.5 Å². The number of rotatable bonds is 3. The highest BCUT2D eigenvalue weighted by atomic mass is 16.5. The van der Waals surface area contributed by atoms with Crippen molar-refractivity contribution in [3.63, 3.8) is 0 Å². The highest BCUT2D eigenvalue weighted by molar-refractivity contribution is 5.97. The first-order chi connectivity index (χ1) is 12.2. The summed E-state index contributed by atoms with van der Waals surface area (Å²) < 4.78 is 10.2. The zero-order valence-electron chi connectivity index (χ0n) is 13.8. The zero-order valence-corrected chi connectivity index (χ0v) is 13.8. The molecule has 1 amide bonds. The third-order valence-electron chi connectivity index (χ3n) is 4.44. The molecule has 1 aliphatic rings. The summed E-state index contributed by atoms with van der Waals surface area (Å²) in [5.41, 5.74) is 1.91. The summed E-state index contributed by atoms with van der Waals surface area (Å²) in [7, 11) is 0. The number of oxazole rings is 1. The molecule has 3 heterocycles. The van der Waals surface area contributed by atoms with Crippen molar-refractivity contribution >= 4 is 11.6 Å². The lowest BCUT2D eigenvalue weighted by atomic mass is 10.1. The summed E-state index contributed by atoms with van der Waals surface area (Å²) in [6, 6.07) is 12.1. The summed E-state index contributed by atoms with van der Waals surface area (Å²) in [4.78, 5) is 21.1. The molecule has 0 bridgehead atoms. The van der Waals surface area contributed by atoms with Crippen LogP contribution >= 0.6 is 0 Å². The molecule has 1 aliphatic heterocycles. The molecule has 0 saturated carbocycles. The number of piperazine rings is 1. The lowest BCUT2D eigenvalue weighted by molar-refractivity contribution is 0.0721. The van der Waals surface area contributed by atoms with Crippen LogP contribution in [0.5, 0.6) is 0 Å². The van der Waals surface area contributed by atoms with Crippen LogP contribution in [0.15, 0.2) is 58.0 Å². The normalized spacial score (nSPS) is 17.7. The van der Waals surface area contributed by atoms with Gasteiger partial charge in [0.05, 0.1) is 0 Å². The average Bonchev–Trinajstić information content (AvgIpc) is 3.33. The predicted molar refractivity (Wildman–Crippen MR) is 91.2 cm³/mol. The minimum atomic E-state index is -0.147. The van der Waals surface area contributed by atoms with E-state index in [2.05, 4.69) is 34.1 Å². The van der Waals surface area contributed by atoms with Crippen molar-refractivity contribution in [1.82, 2.24) is 15.0 Å². The molecule has 1 saturated heterocycles. The Labute approximate surface area is 144 Å². The molecule has 7 nitrogen and oxygen atoms in total. The van der Waals surface area contributed by atoms with Gasteiger partial charge in [0.2, 0.25) is 0 Å². The number of hydrogen-bond donors (Lipinski definition) is 0. The van der Waals surface area contributed by atoms with Crippen LogP contribution < -0.4 is 4.90 Å². The molecule has 0 N–H and O–H groups in total. The molecule has 1 unspecified atom stereocenters. The largest absolute Gasteiger partial charge is 0.441 e. The summed E-state index contributed by atoms with van der Waals surface area (Å²) in [6.07, 6.45) is 2.70. The van der Waals surface area contributed by atoms with E-state index >= 15 is 0 Å². The van der Waals surface area contributed by atoms with Gasteiger partial charge in [-0.15, -0.1) is 0 Å². The van der Waals surface area contributed by atoms with Gasteiger partial charge in [-0.25, -0.2) is 4.98 Å². The van der Waals surface area contributed by atoms with Crippen LogP contribution in [-0.2, 0) is 0 Å². The second-order valence-corrected chi connectivity index (χ2v) is 6.04. The maximum absolute atomic E-state index is 12.9. The van der Waals surface area contributed by atoms with Crippen molar-refractivity contribution in [2.24, 2.45) is 0 Å². The van der Waals surface area contributed by atoms with E-state index in [1.165, 1.54) is 18.3 Å². The van der Waals surface area contributed by atoms with Gasteiger partial charge in [-0.1, -0.05) is 23.4 Å². The summed E-state index contributed by atoms with van der Waals surface area (Å²) >= 11 is 0. The average molecular weight is 338 g/mol.